The largest absolute Gasteiger partial charge is 0.512 e. The molecule has 5 heteroatoms. The van der Waals surface area contributed by atoms with Crippen LogP contribution in [0.4, 0.5) is 5.69 Å². The number of aliphatic hydroxyl groups excluding tert-OH is 1. The molecule has 4 rings (SSSR count). The Balaban J connectivity index is 1.83. The third-order valence-corrected chi connectivity index (χ3v) is 4.94. The van der Waals surface area contributed by atoms with Gasteiger partial charge in [-0.3, -0.25) is 0 Å². The van der Waals surface area contributed by atoms with Crippen molar-refractivity contribution >= 4 is 22.3 Å². The van der Waals surface area contributed by atoms with Gasteiger partial charge in [0.05, 0.1) is 11.2 Å². The summed E-state index contributed by atoms with van der Waals surface area (Å²) < 4.78 is 2.24. The molecule has 0 saturated carbocycles. The summed E-state index contributed by atoms with van der Waals surface area (Å²) in [5.74, 6) is 1.39. The van der Waals surface area contributed by atoms with Crippen molar-refractivity contribution in [2.24, 2.45) is 0 Å². The zero-order chi connectivity index (χ0) is 15.3. The van der Waals surface area contributed by atoms with Crippen molar-refractivity contribution in [2.45, 2.75) is 19.9 Å². The van der Waals surface area contributed by atoms with Crippen LogP contribution < -0.4 is 4.90 Å². The van der Waals surface area contributed by atoms with Gasteiger partial charge in [0, 0.05) is 44.7 Å². The Kier molecular flexibility index (Phi) is 3.11. The summed E-state index contributed by atoms with van der Waals surface area (Å²) in [5.41, 5.74) is 4.38. The molecule has 1 aromatic carbocycles. The van der Waals surface area contributed by atoms with Gasteiger partial charge in [-0.05, 0) is 26.1 Å². The van der Waals surface area contributed by atoms with E-state index in [4.69, 9.17) is 4.98 Å². The number of aromatic nitrogens is 2. The quantitative estimate of drug-likeness (QED) is 0.878. The third kappa shape index (κ3) is 2.00. The number of likely N-dealkylation sites (N-methyl/N-ethyl adjacent to an activating group) is 1. The van der Waals surface area contributed by atoms with Gasteiger partial charge in [-0.1, -0.05) is 6.07 Å². The number of aliphatic hydroxyl groups is 1. The molecule has 1 aromatic heterocycles. The Labute approximate surface area is 130 Å². The molecule has 0 amide bonds. The molecule has 1 saturated heterocycles. The van der Waals surface area contributed by atoms with Gasteiger partial charge in [-0.25, -0.2) is 4.98 Å². The second kappa shape index (κ2) is 5.02. The fourth-order valence-electron chi connectivity index (χ4n) is 3.48. The summed E-state index contributed by atoms with van der Waals surface area (Å²) in [6.45, 7) is 7.02. The highest BCUT2D eigenvalue weighted by atomic mass is 16.3. The summed E-state index contributed by atoms with van der Waals surface area (Å²) in [6, 6.07) is 6.44. The van der Waals surface area contributed by atoms with Crippen LogP contribution in [0.2, 0.25) is 0 Å². The van der Waals surface area contributed by atoms with Crippen molar-refractivity contribution in [2.75, 3.05) is 38.1 Å². The Morgan fingerprint density at radius 1 is 1.09 bits per heavy atom. The van der Waals surface area contributed by atoms with E-state index in [-0.39, 0.29) is 0 Å². The molecule has 0 atom stereocenters. The van der Waals surface area contributed by atoms with E-state index in [9.17, 15) is 5.11 Å². The number of nitrogens with zero attached hydrogens (tertiary/aromatic N) is 4. The number of fused-ring (bicyclic) bond motifs is 3. The lowest BCUT2D eigenvalue weighted by Gasteiger charge is -2.34. The number of para-hydroxylation sites is 1. The normalized spacial score (nSPS) is 19.8. The van der Waals surface area contributed by atoms with E-state index >= 15 is 0 Å². The highest BCUT2D eigenvalue weighted by molar-refractivity contribution is 5.91. The van der Waals surface area contributed by atoms with Crippen LogP contribution in [0, 0.1) is 0 Å². The van der Waals surface area contributed by atoms with Gasteiger partial charge in [-0.15, -0.1) is 0 Å². The standard InChI is InChI=1S/C17H22N4O/c1-12-15(22)6-7-21-14-5-3-4-13(16(14)18-17(12)21)20-10-8-19(2)9-11-20/h3-5,22H,6-11H2,1-2H3. The number of hydrogen-bond donors (Lipinski definition) is 1. The molecule has 2 aliphatic rings. The van der Waals surface area contributed by atoms with Gasteiger partial charge in [0.2, 0.25) is 0 Å². The number of piperazine rings is 1. The lowest BCUT2D eigenvalue weighted by atomic mass is 10.1. The first kappa shape index (κ1) is 13.6. The van der Waals surface area contributed by atoms with Crippen LogP contribution in [0.25, 0.3) is 16.6 Å². The number of hydrogen-bond acceptors (Lipinski definition) is 4. The first-order valence-corrected chi connectivity index (χ1v) is 7.97. The number of rotatable bonds is 1. The second-order valence-corrected chi connectivity index (χ2v) is 6.34. The van der Waals surface area contributed by atoms with Crippen molar-refractivity contribution in [1.82, 2.24) is 14.5 Å². The van der Waals surface area contributed by atoms with Gasteiger partial charge in [0.25, 0.3) is 0 Å². The molecule has 3 heterocycles. The van der Waals surface area contributed by atoms with Crippen LogP contribution in [0.3, 0.4) is 0 Å². The fraction of sp³-hybridized carbons (Fsp3) is 0.471. The average molecular weight is 298 g/mol. The lowest BCUT2D eigenvalue weighted by Crippen LogP contribution is -2.44. The van der Waals surface area contributed by atoms with Crippen molar-refractivity contribution in [3.63, 3.8) is 0 Å². The van der Waals surface area contributed by atoms with Crippen molar-refractivity contribution in [3.8, 4) is 0 Å². The topological polar surface area (TPSA) is 44.5 Å². The van der Waals surface area contributed by atoms with E-state index in [0.29, 0.717) is 12.2 Å². The highest BCUT2D eigenvalue weighted by Crippen LogP contribution is 2.33. The van der Waals surface area contributed by atoms with E-state index in [1.54, 1.807) is 0 Å². The molecular weight excluding hydrogens is 276 g/mol. The molecule has 0 bridgehead atoms. The molecule has 2 aromatic rings. The minimum Gasteiger partial charge on any atom is -0.512 e. The summed E-state index contributed by atoms with van der Waals surface area (Å²) in [5, 5.41) is 10.0. The Morgan fingerprint density at radius 2 is 1.86 bits per heavy atom. The zero-order valence-corrected chi connectivity index (χ0v) is 13.2. The predicted molar refractivity (Wildman–Crippen MR) is 89.3 cm³/mol. The van der Waals surface area contributed by atoms with Crippen molar-refractivity contribution in [3.05, 3.63) is 29.8 Å². The van der Waals surface area contributed by atoms with Crippen LogP contribution >= 0.6 is 0 Å². The zero-order valence-electron chi connectivity index (χ0n) is 13.2. The van der Waals surface area contributed by atoms with E-state index in [2.05, 4.69) is 39.6 Å². The number of allylic oxidation sites excluding steroid dienone is 2. The highest BCUT2D eigenvalue weighted by Gasteiger charge is 2.23. The van der Waals surface area contributed by atoms with Crippen LogP contribution in [-0.4, -0.2) is 52.8 Å². The fourth-order valence-corrected chi connectivity index (χ4v) is 3.48. The van der Waals surface area contributed by atoms with Gasteiger partial charge in [0.1, 0.15) is 17.1 Å². The van der Waals surface area contributed by atoms with Gasteiger partial charge >= 0.3 is 0 Å². The SMILES string of the molecule is CC1=C(O)CCn2c1nc1c(N3CCN(C)CC3)cccc12. The van der Waals surface area contributed by atoms with Crippen molar-refractivity contribution < 1.29 is 5.11 Å². The molecular formula is C17H22N4O. The molecule has 5 nitrogen and oxygen atoms in total. The van der Waals surface area contributed by atoms with Crippen LogP contribution in [0.15, 0.2) is 24.0 Å². The van der Waals surface area contributed by atoms with Crippen LogP contribution in [-0.2, 0) is 6.54 Å². The first-order chi connectivity index (χ1) is 10.6. The molecule has 1 N–H and O–H groups in total. The van der Waals surface area contributed by atoms with Crippen LogP contribution in [0.1, 0.15) is 19.2 Å². The predicted octanol–water partition coefficient (Wildman–Crippen LogP) is 2.48. The summed E-state index contributed by atoms with van der Waals surface area (Å²) in [7, 11) is 2.17. The minimum absolute atomic E-state index is 0.476. The van der Waals surface area contributed by atoms with E-state index in [1.165, 1.54) is 11.2 Å². The summed E-state index contributed by atoms with van der Waals surface area (Å²) in [4.78, 5) is 9.66. The molecule has 0 radical (unpaired) electrons. The molecule has 0 aliphatic carbocycles. The molecule has 116 valence electrons. The van der Waals surface area contributed by atoms with Gasteiger partial charge < -0.3 is 19.5 Å². The lowest BCUT2D eigenvalue weighted by molar-refractivity contribution is 0.313. The van der Waals surface area contributed by atoms with Gasteiger partial charge in [-0.2, -0.15) is 0 Å². The van der Waals surface area contributed by atoms with Crippen molar-refractivity contribution in [1.29, 1.82) is 0 Å². The third-order valence-electron chi connectivity index (χ3n) is 4.94. The molecule has 2 aliphatic heterocycles. The maximum absolute atomic E-state index is 10.0. The first-order valence-electron chi connectivity index (χ1n) is 7.97. The number of benzene rings is 1. The maximum atomic E-state index is 10.0. The Morgan fingerprint density at radius 3 is 2.64 bits per heavy atom. The second-order valence-electron chi connectivity index (χ2n) is 6.34. The maximum Gasteiger partial charge on any atom is 0.140 e. The van der Waals surface area contributed by atoms with Gasteiger partial charge in [0.15, 0.2) is 0 Å². The van der Waals surface area contributed by atoms with E-state index in [1.807, 2.05) is 6.92 Å². The average Bonchev–Trinajstić information content (AvgIpc) is 2.91. The molecule has 0 unspecified atom stereocenters. The number of anilines is 1. The van der Waals surface area contributed by atoms with E-state index < -0.39 is 0 Å². The minimum atomic E-state index is 0.476. The molecule has 0 spiro atoms. The van der Waals surface area contributed by atoms with Crippen LogP contribution in [0.5, 0.6) is 0 Å². The molecule has 1 fully saturated rings. The Hall–Kier alpha value is -2.01. The number of aryl methyl sites for hydroxylation is 1. The summed E-state index contributed by atoms with van der Waals surface area (Å²) in [6.07, 6.45) is 0.697. The summed E-state index contributed by atoms with van der Waals surface area (Å²) >= 11 is 0. The Bertz CT molecular complexity index is 753. The van der Waals surface area contributed by atoms with E-state index in [0.717, 1.165) is 49.6 Å². The number of imidazole rings is 1. The molecule has 22 heavy (non-hydrogen) atoms. The smallest absolute Gasteiger partial charge is 0.140 e. The monoisotopic (exact) mass is 298 g/mol.